The van der Waals surface area contributed by atoms with Gasteiger partial charge in [-0.1, -0.05) is 24.3 Å². The van der Waals surface area contributed by atoms with Gasteiger partial charge in [0, 0.05) is 12.1 Å². The van der Waals surface area contributed by atoms with E-state index >= 15 is 0 Å². The van der Waals surface area contributed by atoms with Gasteiger partial charge in [0.1, 0.15) is 11.3 Å². The number of phenols is 1. The number of amides is 1. The van der Waals surface area contributed by atoms with Crippen LogP contribution in [-0.4, -0.2) is 64.2 Å². The van der Waals surface area contributed by atoms with Crippen LogP contribution in [0.2, 0.25) is 0 Å². The average Bonchev–Trinajstić information content (AvgIpc) is 2.62. The lowest BCUT2D eigenvalue weighted by Crippen LogP contribution is -2.47. The van der Waals surface area contributed by atoms with E-state index in [2.05, 4.69) is 5.32 Å². The van der Waals surface area contributed by atoms with Crippen molar-refractivity contribution in [2.45, 2.75) is 18.9 Å². The Morgan fingerprint density at radius 2 is 1.75 bits per heavy atom. The Bertz CT molecular complexity index is 839. The molecule has 8 nitrogen and oxygen atoms in total. The number of hydrogen-bond donors (Lipinski definition) is 5. The second-order valence-corrected chi connectivity index (χ2v) is 6.75. The van der Waals surface area contributed by atoms with E-state index in [0.29, 0.717) is 5.56 Å². The van der Waals surface area contributed by atoms with Crippen molar-refractivity contribution in [1.82, 2.24) is 10.2 Å². The minimum atomic E-state index is -1.90. The number of benzene rings is 2. The van der Waals surface area contributed by atoms with E-state index in [1.54, 1.807) is 24.3 Å². The third-order valence-corrected chi connectivity index (χ3v) is 4.18. The molecule has 0 bridgehead atoms. The number of carboxylic acids is 1. The van der Waals surface area contributed by atoms with Crippen LogP contribution >= 0.6 is 0 Å². The summed E-state index contributed by atoms with van der Waals surface area (Å²) in [4.78, 5) is 25.6. The molecule has 0 heterocycles. The quantitative estimate of drug-likeness (QED) is 0.418. The zero-order chi connectivity index (χ0) is 20.8. The van der Waals surface area contributed by atoms with Crippen LogP contribution in [0.1, 0.15) is 31.8 Å². The molecule has 148 valence electrons. The first-order valence-corrected chi connectivity index (χ1v) is 8.64. The molecule has 28 heavy (non-hydrogen) atoms. The molecule has 9 heteroatoms. The van der Waals surface area contributed by atoms with Crippen LogP contribution in [0.3, 0.4) is 0 Å². The van der Waals surface area contributed by atoms with Crippen LogP contribution in [0.25, 0.3) is 0 Å². The van der Waals surface area contributed by atoms with Crippen molar-refractivity contribution < 1.29 is 29.9 Å². The molecule has 0 spiro atoms. The zero-order valence-electron chi connectivity index (χ0n) is 15.7. The van der Waals surface area contributed by atoms with E-state index in [-0.39, 0.29) is 17.5 Å². The van der Waals surface area contributed by atoms with Gasteiger partial charge in [-0.15, -0.1) is 0 Å². The summed E-state index contributed by atoms with van der Waals surface area (Å²) in [5.74, 6) is -3.42. The standard InChI is InChI=1S/C19H23BN2O6/c1-22(2)11-12-6-8-13(9-7-12)18(24)21-16(20(27)28)10-14-4-3-5-15(17(14)23)19(25)26/h3-9,16,23,27-28H,10-11H2,1-2H3,(H,21,24)(H,25,26)/t16-/m0/s1. The third-order valence-electron chi connectivity index (χ3n) is 4.18. The van der Waals surface area contributed by atoms with E-state index in [9.17, 15) is 24.7 Å². The zero-order valence-corrected chi connectivity index (χ0v) is 15.7. The van der Waals surface area contributed by atoms with Gasteiger partial charge >= 0.3 is 13.1 Å². The van der Waals surface area contributed by atoms with Crippen LogP contribution in [0.4, 0.5) is 0 Å². The molecular formula is C19H23BN2O6. The lowest BCUT2D eigenvalue weighted by molar-refractivity contribution is 0.0693. The maximum absolute atomic E-state index is 12.4. The summed E-state index contributed by atoms with van der Waals surface area (Å²) in [6.45, 7) is 0.721. The molecule has 2 aromatic carbocycles. The minimum absolute atomic E-state index is 0.158. The summed E-state index contributed by atoms with van der Waals surface area (Å²) >= 11 is 0. The molecule has 2 aromatic rings. The van der Waals surface area contributed by atoms with Gasteiger partial charge in [0.2, 0.25) is 0 Å². The predicted molar refractivity (Wildman–Crippen MR) is 104 cm³/mol. The van der Waals surface area contributed by atoms with Crippen molar-refractivity contribution in [2.24, 2.45) is 0 Å². The first kappa shape index (κ1) is 21.4. The summed E-state index contributed by atoms with van der Waals surface area (Å²) in [7, 11) is 1.97. The summed E-state index contributed by atoms with van der Waals surface area (Å²) < 4.78 is 0. The van der Waals surface area contributed by atoms with E-state index < -0.39 is 30.7 Å². The van der Waals surface area contributed by atoms with Gasteiger partial charge in [-0.25, -0.2) is 4.79 Å². The largest absolute Gasteiger partial charge is 0.507 e. The van der Waals surface area contributed by atoms with E-state index in [1.165, 1.54) is 18.2 Å². The number of aromatic hydroxyl groups is 1. The molecule has 0 aliphatic heterocycles. The van der Waals surface area contributed by atoms with Gasteiger partial charge in [-0.3, -0.25) is 4.79 Å². The van der Waals surface area contributed by atoms with Gasteiger partial charge in [0.05, 0.1) is 5.94 Å². The van der Waals surface area contributed by atoms with Crippen LogP contribution in [-0.2, 0) is 13.0 Å². The third kappa shape index (κ3) is 5.56. The van der Waals surface area contributed by atoms with Crippen LogP contribution in [0, 0.1) is 0 Å². The Kier molecular flexibility index (Phi) is 7.16. The first-order valence-electron chi connectivity index (χ1n) is 8.64. The molecule has 0 aliphatic carbocycles. The number of para-hydroxylation sites is 1. The fourth-order valence-electron chi connectivity index (χ4n) is 2.77. The molecule has 1 amide bonds. The predicted octanol–water partition coefficient (Wildman–Crippen LogP) is 0.505. The van der Waals surface area contributed by atoms with Gasteiger partial charge < -0.3 is 30.5 Å². The van der Waals surface area contributed by atoms with Crippen molar-refractivity contribution in [3.8, 4) is 5.75 Å². The summed E-state index contributed by atoms with van der Waals surface area (Å²) in [6, 6.07) is 11.0. The summed E-state index contributed by atoms with van der Waals surface area (Å²) in [6.07, 6.45) is -0.158. The molecule has 5 N–H and O–H groups in total. The van der Waals surface area contributed by atoms with E-state index in [0.717, 1.165) is 12.1 Å². The highest BCUT2D eigenvalue weighted by Crippen LogP contribution is 2.24. The monoisotopic (exact) mass is 386 g/mol. The lowest BCUT2D eigenvalue weighted by Gasteiger charge is -2.19. The molecular weight excluding hydrogens is 363 g/mol. The van der Waals surface area contributed by atoms with Crippen LogP contribution < -0.4 is 5.32 Å². The van der Waals surface area contributed by atoms with Gasteiger partial charge in [0.25, 0.3) is 5.91 Å². The lowest BCUT2D eigenvalue weighted by atomic mass is 9.75. The molecule has 1 atom stereocenters. The van der Waals surface area contributed by atoms with Crippen molar-refractivity contribution in [2.75, 3.05) is 14.1 Å². The van der Waals surface area contributed by atoms with Gasteiger partial charge in [-0.2, -0.15) is 0 Å². The summed E-state index contributed by atoms with van der Waals surface area (Å²) in [5.41, 5.74) is 1.25. The number of nitrogens with zero attached hydrogens (tertiary/aromatic N) is 1. The highest BCUT2D eigenvalue weighted by atomic mass is 16.4. The number of nitrogens with one attached hydrogen (secondary N) is 1. The average molecular weight is 386 g/mol. The number of aromatic carboxylic acids is 1. The molecule has 0 radical (unpaired) electrons. The smallest absolute Gasteiger partial charge is 0.475 e. The Morgan fingerprint density at radius 1 is 1.11 bits per heavy atom. The molecule has 0 aliphatic rings. The van der Waals surface area contributed by atoms with Crippen LogP contribution in [0.15, 0.2) is 42.5 Å². The normalized spacial score (nSPS) is 11.9. The number of carbonyl (C=O) groups is 2. The van der Waals surface area contributed by atoms with E-state index in [1.807, 2.05) is 19.0 Å². The molecule has 0 saturated carbocycles. The van der Waals surface area contributed by atoms with Crippen molar-refractivity contribution in [1.29, 1.82) is 0 Å². The number of carboxylic acid groups (broad SMARTS) is 1. The number of carbonyl (C=O) groups excluding carboxylic acids is 1. The molecule has 0 fully saturated rings. The van der Waals surface area contributed by atoms with Gasteiger partial charge in [-0.05, 0) is 49.8 Å². The van der Waals surface area contributed by atoms with E-state index in [4.69, 9.17) is 5.11 Å². The topological polar surface area (TPSA) is 130 Å². The number of rotatable bonds is 8. The highest BCUT2D eigenvalue weighted by molar-refractivity contribution is 6.43. The fraction of sp³-hybridized carbons (Fsp3) is 0.263. The maximum atomic E-state index is 12.4. The van der Waals surface area contributed by atoms with Gasteiger partial charge in [0.15, 0.2) is 0 Å². The second-order valence-electron chi connectivity index (χ2n) is 6.75. The Hall–Kier alpha value is -2.88. The van der Waals surface area contributed by atoms with Crippen molar-refractivity contribution in [3.05, 3.63) is 64.7 Å². The highest BCUT2D eigenvalue weighted by Gasteiger charge is 2.28. The molecule has 0 saturated heterocycles. The number of hydrogen-bond acceptors (Lipinski definition) is 6. The Balaban J connectivity index is 2.14. The minimum Gasteiger partial charge on any atom is -0.507 e. The van der Waals surface area contributed by atoms with Crippen molar-refractivity contribution in [3.63, 3.8) is 0 Å². The molecule has 0 unspecified atom stereocenters. The first-order chi connectivity index (χ1) is 13.2. The maximum Gasteiger partial charge on any atom is 0.475 e. The molecule has 0 aromatic heterocycles. The second kappa shape index (κ2) is 9.36. The summed E-state index contributed by atoms with van der Waals surface area (Å²) in [5, 5.41) is 40.9. The van der Waals surface area contributed by atoms with Crippen LogP contribution in [0.5, 0.6) is 5.75 Å². The Morgan fingerprint density at radius 3 is 2.29 bits per heavy atom. The fourth-order valence-corrected chi connectivity index (χ4v) is 2.77. The van der Waals surface area contributed by atoms with Crippen molar-refractivity contribution >= 4 is 19.0 Å². The molecule has 2 rings (SSSR count). The SMILES string of the molecule is CN(C)Cc1ccc(C(=O)N[C@@H](Cc2cccc(C(=O)O)c2O)B(O)O)cc1. The Labute approximate surface area is 163 Å².